The first kappa shape index (κ1) is 13.9. The van der Waals surface area contributed by atoms with E-state index in [2.05, 4.69) is 4.98 Å². The number of carboxylic acid groups (broad SMARTS) is 1. The molecule has 0 aliphatic heterocycles. The van der Waals surface area contributed by atoms with Crippen molar-refractivity contribution in [2.24, 2.45) is 0 Å². The minimum absolute atomic E-state index is 0.183. The lowest BCUT2D eigenvalue weighted by atomic mass is 10.1. The highest BCUT2D eigenvalue weighted by Crippen LogP contribution is 2.38. The minimum atomic E-state index is -1.32. The monoisotopic (exact) mass is 317 g/mol. The van der Waals surface area contributed by atoms with Crippen LogP contribution in [0.25, 0.3) is 11.1 Å². The summed E-state index contributed by atoms with van der Waals surface area (Å²) in [5.41, 5.74) is 0.502. The van der Waals surface area contributed by atoms with Crippen LogP contribution in [0.4, 0.5) is 0 Å². The lowest BCUT2D eigenvalue weighted by Crippen LogP contribution is -2.00. The van der Waals surface area contributed by atoms with Crippen LogP contribution in [0.15, 0.2) is 24.4 Å². The zero-order valence-corrected chi connectivity index (χ0v) is 11.5. The van der Waals surface area contributed by atoms with Crippen LogP contribution in [-0.4, -0.2) is 21.2 Å². The Morgan fingerprint density at radius 3 is 2.42 bits per heavy atom. The van der Waals surface area contributed by atoms with Gasteiger partial charge in [0.1, 0.15) is 5.75 Å². The second kappa shape index (κ2) is 5.25. The van der Waals surface area contributed by atoms with Gasteiger partial charge in [0.05, 0.1) is 15.1 Å². The first-order chi connectivity index (χ1) is 8.91. The summed E-state index contributed by atoms with van der Waals surface area (Å²) in [6, 6.07) is 4.41. The molecule has 0 unspecified atom stereocenters. The number of halogens is 3. The lowest BCUT2D eigenvalue weighted by molar-refractivity contribution is 0.0687. The fourth-order valence-corrected chi connectivity index (χ4v) is 2.16. The maximum absolute atomic E-state index is 10.7. The number of hydrogen-bond acceptors (Lipinski definition) is 3. The number of nitrogens with zero attached hydrogens (tertiary/aromatic N) is 1. The van der Waals surface area contributed by atoms with Crippen LogP contribution in [0.1, 0.15) is 10.5 Å². The van der Waals surface area contributed by atoms with E-state index in [0.29, 0.717) is 16.1 Å². The number of carboxylic acids is 1. The van der Waals surface area contributed by atoms with Crippen LogP contribution in [0, 0.1) is 0 Å². The Hall–Kier alpha value is -1.49. The molecular formula is C12H6Cl3NO3. The van der Waals surface area contributed by atoms with E-state index in [9.17, 15) is 9.90 Å². The molecule has 0 aliphatic carbocycles. The Bertz CT molecular complexity index is 674. The predicted molar refractivity (Wildman–Crippen MR) is 73.3 cm³/mol. The topological polar surface area (TPSA) is 70.4 Å². The largest absolute Gasteiger partial charge is 0.505 e. The van der Waals surface area contributed by atoms with Crippen LogP contribution in [0.5, 0.6) is 5.75 Å². The Balaban J connectivity index is 2.58. The van der Waals surface area contributed by atoms with Crippen molar-refractivity contribution < 1.29 is 15.0 Å². The summed E-state index contributed by atoms with van der Waals surface area (Å²) in [6.45, 7) is 0. The number of aromatic nitrogens is 1. The summed E-state index contributed by atoms with van der Waals surface area (Å²) in [5.74, 6) is -1.77. The Labute approximate surface area is 123 Å². The van der Waals surface area contributed by atoms with E-state index in [1.807, 2.05) is 0 Å². The molecule has 0 bridgehead atoms. The molecule has 4 nitrogen and oxygen atoms in total. The van der Waals surface area contributed by atoms with E-state index in [1.54, 1.807) is 12.1 Å². The van der Waals surface area contributed by atoms with Crippen LogP contribution in [0.2, 0.25) is 15.1 Å². The molecule has 0 aliphatic rings. The van der Waals surface area contributed by atoms with E-state index in [0.717, 1.165) is 0 Å². The molecule has 7 heteroatoms. The van der Waals surface area contributed by atoms with Gasteiger partial charge in [-0.3, -0.25) is 0 Å². The van der Waals surface area contributed by atoms with Crippen molar-refractivity contribution in [3.05, 3.63) is 45.2 Å². The second-order valence-electron chi connectivity index (χ2n) is 3.62. The Morgan fingerprint density at radius 2 is 1.84 bits per heavy atom. The van der Waals surface area contributed by atoms with Crippen molar-refractivity contribution in [1.29, 1.82) is 0 Å². The number of pyridine rings is 1. The molecule has 1 heterocycles. The lowest BCUT2D eigenvalue weighted by Gasteiger charge is -2.08. The fraction of sp³-hybridized carbons (Fsp3) is 0. The molecule has 2 N–H and O–H groups in total. The summed E-state index contributed by atoms with van der Waals surface area (Å²) in [7, 11) is 0. The summed E-state index contributed by atoms with van der Waals surface area (Å²) in [6.07, 6.45) is 1.29. The van der Waals surface area contributed by atoms with Gasteiger partial charge in [-0.1, -0.05) is 40.9 Å². The minimum Gasteiger partial charge on any atom is -0.505 e. The van der Waals surface area contributed by atoms with Crippen molar-refractivity contribution in [2.75, 3.05) is 0 Å². The highest BCUT2D eigenvalue weighted by atomic mass is 35.5. The highest BCUT2D eigenvalue weighted by molar-refractivity contribution is 6.49. The van der Waals surface area contributed by atoms with Gasteiger partial charge in [-0.15, -0.1) is 0 Å². The molecule has 0 atom stereocenters. The third kappa shape index (κ3) is 2.61. The van der Waals surface area contributed by atoms with Crippen molar-refractivity contribution >= 4 is 40.8 Å². The smallest absolute Gasteiger partial charge is 0.358 e. The highest BCUT2D eigenvalue weighted by Gasteiger charge is 2.15. The summed E-state index contributed by atoms with van der Waals surface area (Å²) < 4.78 is 0. The van der Waals surface area contributed by atoms with Gasteiger partial charge in [0, 0.05) is 17.3 Å². The van der Waals surface area contributed by atoms with Crippen molar-refractivity contribution in [3.8, 4) is 16.9 Å². The fourth-order valence-electron chi connectivity index (χ4n) is 1.51. The van der Waals surface area contributed by atoms with Gasteiger partial charge in [-0.25, -0.2) is 9.78 Å². The number of rotatable bonds is 2. The van der Waals surface area contributed by atoms with E-state index < -0.39 is 17.4 Å². The van der Waals surface area contributed by atoms with Crippen LogP contribution < -0.4 is 0 Å². The van der Waals surface area contributed by atoms with Gasteiger partial charge >= 0.3 is 5.97 Å². The number of hydrogen-bond donors (Lipinski definition) is 2. The van der Waals surface area contributed by atoms with E-state index in [-0.39, 0.29) is 10.0 Å². The predicted octanol–water partition coefficient (Wildman–Crippen LogP) is 4.11. The third-order valence-electron chi connectivity index (χ3n) is 2.42. The molecule has 0 fully saturated rings. The molecule has 0 amide bonds. The maximum Gasteiger partial charge on any atom is 0.358 e. The zero-order valence-electron chi connectivity index (χ0n) is 9.19. The molecular weight excluding hydrogens is 312 g/mol. The van der Waals surface area contributed by atoms with E-state index in [4.69, 9.17) is 39.9 Å². The summed E-state index contributed by atoms with van der Waals surface area (Å²) >= 11 is 17.8. The van der Waals surface area contributed by atoms with Gasteiger partial charge in [0.25, 0.3) is 0 Å². The SMILES string of the molecule is O=C(O)c1ncc(-c2ccc(Cl)c(Cl)c2Cl)cc1O. The molecule has 1 aromatic carbocycles. The molecule has 98 valence electrons. The van der Waals surface area contributed by atoms with Crippen LogP contribution in [-0.2, 0) is 0 Å². The Morgan fingerprint density at radius 1 is 1.16 bits per heavy atom. The van der Waals surface area contributed by atoms with Crippen LogP contribution >= 0.6 is 34.8 Å². The van der Waals surface area contributed by atoms with Crippen LogP contribution in [0.3, 0.4) is 0 Å². The van der Waals surface area contributed by atoms with Gasteiger partial charge in [0.2, 0.25) is 0 Å². The first-order valence-electron chi connectivity index (χ1n) is 4.98. The molecule has 0 radical (unpaired) electrons. The van der Waals surface area contributed by atoms with Crippen molar-refractivity contribution in [1.82, 2.24) is 4.98 Å². The van der Waals surface area contributed by atoms with Crippen molar-refractivity contribution in [2.45, 2.75) is 0 Å². The molecule has 0 saturated heterocycles. The average Bonchev–Trinajstić information content (AvgIpc) is 2.35. The van der Waals surface area contributed by atoms with Gasteiger partial charge in [-0.2, -0.15) is 0 Å². The third-order valence-corrected chi connectivity index (χ3v) is 3.71. The van der Waals surface area contributed by atoms with Gasteiger partial charge in [0.15, 0.2) is 5.69 Å². The number of aromatic hydroxyl groups is 1. The van der Waals surface area contributed by atoms with E-state index >= 15 is 0 Å². The molecule has 1 aromatic heterocycles. The number of carbonyl (C=O) groups is 1. The first-order valence-corrected chi connectivity index (χ1v) is 6.11. The molecule has 19 heavy (non-hydrogen) atoms. The quantitative estimate of drug-likeness (QED) is 0.817. The number of aromatic carboxylic acids is 1. The van der Waals surface area contributed by atoms with Gasteiger partial charge < -0.3 is 10.2 Å². The zero-order chi connectivity index (χ0) is 14.2. The summed E-state index contributed by atoms with van der Waals surface area (Å²) in [5, 5.41) is 19.1. The molecule has 2 aromatic rings. The standard InChI is InChI=1S/C12H6Cl3NO3/c13-7-2-1-6(9(14)10(7)15)5-3-8(17)11(12(18)19)16-4-5/h1-4,17H,(H,18,19). The molecule has 0 spiro atoms. The molecule has 2 rings (SSSR count). The molecule has 0 saturated carbocycles. The summed E-state index contributed by atoms with van der Waals surface area (Å²) in [4.78, 5) is 14.4. The van der Waals surface area contributed by atoms with Gasteiger partial charge in [-0.05, 0) is 12.1 Å². The average molecular weight is 319 g/mol. The number of benzene rings is 1. The maximum atomic E-state index is 10.7. The second-order valence-corrected chi connectivity index (χ2v) is 4.78. The van der Waals surface area contributed by atoms with E-state index in [1.165, 1.54) is 12.3 Å². The Kier molecular flexibility index (Phi) is 3.85. The normalized spacial score (nSPS) is 10.5. The van der Waals surface area contributed by atoms with Crippen molar-refractivity contribution in [3.63, 3.8) is 0 Å².